The molecule has 0 N–H and O–H groups in total. The van der Waals surface area contributed by atoms with Gasteiger partial charge in [0.2, 0.25) is 5.13 Å². The van der Waals surface area contributed by atoms with Gasteiger partial charge in [-0.25, -0.2) is 4.98 Å². The zero-order valence-electron chi connectivity index (χ0n) is 10.2. The van der Waals surface area contributed by atoms with Crippen LogP contribution in [0.5, 0.6) is 0 Å². The van der Waals surface area contributed by atoms with Crippen molar-refractivity contribution in [2.45, 2.75) is 13.5 Å². The zero-order valence-corrected chi connectivity index (χ0v) is 11.0. The van der Waals surface area contributed by atoms with Crippen LogP contribution in [-0.4, -0.2) is 38.2 Å². The number of nitro groups is 1. The smallest absolute Gasteiger partial charge is 0.358 e. The van der Waals surface area contributed by atoms with Crippen molar-refractivity contribution in [3.63, 3.8) is 0 Å². The van der Waals surface area contributed by atoms with E-state index in [-0.39, 0.29) is 5.82 Å². The van der Waals surface area contributed by atoms with Gasteiger partial charge in [-0.1, -0.05) is 0 Å². The van der Waals surface area contributed by atoms with Gasteiger partial charge in [-0.15, -0.1) is 0 Å². The van der Waals surface area contributed by atoms with Gasteiger partial charge < -0.3 is 15.0 Å². The fraction of sp³-hybridized carbons (Fsp3) is 0.444. The van der Waals surface area contributed by atoms with Crippen molar-refractivity contribution in [2.75, 3.05) is 19.0 Å². The summed E-state index contributed by atoms with van der Waals surface area (Å²) in [7, 11) is 3.77. The van der Waals surface area contributed by atoms with Crippen LogP contribution in [0.2, 0.25) is 0 Å². The summed E-state index contributed by atoms with van der Waals surface area (Å²) in [5, 5.41) is 15.3. The lowest BCUT2D eigenvalue weighted by atomic mass is 10.4. The van der Waals surface area contributed by atoms with E-state index < -0.39 is 4.92 Å². The van der Waals surface area contributed by atoms with Crippen molar-refractivity contribution >= 4 is 22.5 Å². The highest BCUT2D eigenvalue weighted by atomic mass is 32.1. The molecule has 0 fully saturated rings. The highest BCUT2D eigenvalue weighted by molar-refractivity contribution is 7.09. The third-order valence-electron chi connectivity index (χ3n) is 2.29. The predicted octanol–water partition coefficient (Wildman–Crippen LogP) is 1.07. The maximum absolute atomic E-state index is 10.6. The molecule has 2 aromatic rings. The van der Waals surface area contributed by atoms with Crippen LogP contribution in [0.15, 0.2) is 6.07 Å². The van der Waals surface area contributed by atoms with Gasteiger partial charge in [-0.2, -0.15) is 9.06 Å². The number of aryl methyl sites for hydroxylation is 1. The molecule has 0 aromatic carbocycles. The molecular formula is C9H12N6O2S. The van der Waals surface area contributed by atoms with E-state index >= 15 is 0 Å². The summed E-state index contributed by atoms with van der Waals surface area (Å²) in [5.41, 5.74) is 0.711. The van der Waals surface area contributed by atoms with E-state index in [9.17, 15) is 10.1 Å². The second kappa shape index (κ2) is 4.69. The Balaban J connectivity index is 2.20. The van der Waals surface area contributed by atoms with E-state index in [2.05, 4.69) is 14.5 Å². The normalized spacial score (nSPS) is 10.6. The number of rotatable bonds is 4. The van der Waals surface area contributed by atoms with Gasteiger partial charge in [0, 0.05) is 25.6 Å². The molecule has 0 amide bonds. The van der Waals surface area contributed by atoms with Crippen LogP contribution in [0, 0.1) is 17.0 Å². The zero-order chi connectivity index (χ0) is 13.3. The van der Waals surface area contributed by atoms with Gasteiger partial charge in [-0.3, -0.25) is 0 Å². The fourth-order valence-corrected chi connectivity index (χ4v) is 1.96. The van der Waals surface area contributed by atoms with Crippen LogP contribution in [0.1, 0.15) is 11.5 Å². The van der Waals surface area contributed by atoms with Crippen LogP contribution in [0.4, 0.5) is 10.9 Å². The van der Waals surface area contributed by atoms with E-state index in [4.69, 9.17) is 0 Å². The summed E-state index contributed by atoms with van der Waals surface area (Å²) in [4.78, 5) is 16.3. The van der Waals surface area contributed by atoms with Gasteiger partial charge in [0.1, 0.15) is 6.54 Å². The second-order valence-electron chi connectivity index (χ2n) is 3.95. The second-order valence-corrected chi connectivity index (χ2v) is 4.68. The maximum atomic E-state index is 10.6. The molecule has 0 saturated heterocycles. The molecule has 0 aliphatic heterocycles. The van der Waals surface area contributed by atoms with Gasteiger partial charge in [0.25, 0.3) is 0 Å². The molecule has 0 radical (unpaired) electrons. The Morgan fingerprint density at radius 1 is 1.56 bits per heavy atom. The van der Waals surface area contributed by atoms with Gasteiger partial charge in [0.15, 0.2) is 5.82 Å². The first-order valence-electron chi connectivity index (χ1n) is 5.16. The van der Waals surface area contributed by atoms with Crippen LogP contribution < -0.4 is 4.90 Å². The van der Waals surface area contributed by atoms with Gasteiger partial charge in [-0.05, 0) is 11.8 Å². The molecule has 0 saturated carbocycles. The van der Waals surface area contributed by atoms with Crippen molar-refractivity contribution in [1.29, 1.82) is 0 Å². The average molecular weight is 268 g/mol. The summed E-state index contributed by atoms with van der Waals surface area (Å²) in [6, 6.07) is 1.43. The lowest BCUT2D eigenvalue weighted by molar-refractivity contribution is -0.389. The highest BCUT2D eigenvalue weighted by Gasteiger charge is 2.17. The van der Waals surface area contributed by atoms with Crippen molar-refractivity contribution in [1.82, 2.24) is 19.1 Å². The summed E-state index contributed by atoms with van der Waals surface area (Å²) in [6.45, 7) is 2.10. The minimum absolute atomic E-state index is 0.157. The largest absolute Gasteiger partial charge is 0.390 e. The highest BCUT2D eigenvalue weighted by Crippen LogP contribution is 2.16. The Morgan fingerprint density at radius 2 is 2.28 bits per heavy atom. The SMILES string of the molecule is Cc1cc([N+](=O)[O-])nn1Cc1nsc(N(C)C)n1. The van der Waals surface area contributed by atoms with Gasteiger partial charge >= 0.3 is 5.82 Å². The molecule has 96 valence electrons. The lowest BCUT2D eigenvalue weighted by Crippen LogP contribution is -2.09. The third kappa shape index (κ3) is 2.45. The molecule has 0 aliphatic carbocycles. The molecule has 0 spiro atoms. The number of hydrogen-bond acceptors (Lipinski definition) is 7. The Labute approximate surface area is 107 Å². The summed E-state index contributed by atoms with van der Waals surface area (Å²) < 4.78 is 5.71. The number of aromatic nitrogens is 4. The van der Waals surface area contributed by atoms with Crippen LogP contribution in [0.25, 0.3) is 0 Å². The maximum Gasteiger partial charge on any atom is 0.390 e. The average Bonchev–Trinajstić information content (AvgIpc) is 2.87. The van der Waals surface area contributed by atoms with E-state index in [1.165, 1.54) is 22.3 Å². The van der Waals surface area contributed by atoms with E-state index in [1.807, 2.05) is 19.0 Å². The van der Waals surface area contributed by atoms with Crippen molar-refractivity contribution in [2.24, 2.45) is 0 Å². The van der Waals surface area contributed by atoms with E-state index in [1.54, 1.807) is 6.92 Å². The Kier molecular flexibility index (Phi) is 3.24. The first-order valence-corrected chi connectivity index (χ1v) is 5.93. The number of nitrogens with zero attached hydrogens (tertiary/aromatic N) is 6. The first-order chi connectivity index (χ1) is 8.47. The molecule has 0 bridgehead atoms. The molecule has 2 rings (SSSR count). The summed E-state index contributed by atoms with van der Waals surface area (Å²) in [5.74, 6) is 0.445. The quantitative estimate of drug-likeness (QED) is 0.608. The summed E-state index contributed by atoms with van der Waals surface area (Å²) in [6.07, 6.45) is 0. The minimum atomic E-state index is -0.511. The standard InChI is InChI=1S/C9H12N6O2S/c1-6-4-8(15(16)17)11-14(6)5-7-10-9(13(2)3)18-12-7/h4H,5H2,1-3H3. The van der Waals surface area contributed by atoms with Crippen LogP contribution >= 0.6 is 11.5 Å². The molecule has 0 aliphatic rings. The fourth-order valence-electron chi connectivity index (χ4n) is 1.37. The predicted molar refractivity (Wildman–Crippen MR) is 67.0 cm³/mol. The third-order valence-corrected chi connectivity index (χ3v) is 3.21. The van der Waals surface area contributed by atoms with Crippen molar-refractivity contribution in [3.8, 4) is 0 Å². The van der Waals surface area contributed by atoms with E-state index in [0.29, 0.717) is 18.1 Å². The van der Waals surface area contributed by atoms with Crippen LogP contribution in [0.3, 0.4) is 0 Å². The first kappa shape index (κ1) is 12.4. The number of hydrogen-bond donors (Lipinski definition) is 0. The van der Waals surface area contributed by atoms with Gasteiger partial charge in [0.05, 0.1) is 16.9 Å². The van der Waals surface area contributed by atoms with E-state index in [0.717, 1.165) is 5.13 Å². The molecule has 2 heterocycles. The number of anilines is 1. The minimum Gasteiger partial charge on any atom is -0.358 e. The van der Waals surface area contributed by atoms with Crippen LogP contribution in [-0.2, 0) is 6.54 Å². The topological polar surface area (TPSA) is 90.0 Å². The molecule has 9 heteroatoms. The van der Waals surface area contributed by atoms with Crippen molar-refractivity contribution < 1.29 is 4.92 Å². The molecule has 0 atom stereocenters. The molecule has 2 aromatic heterocycles. The molecule has 18 heavy (non-hydrogen) atoms. The lowest BCUT2D eigenvalue weighted by Gasteiger charge is -2.04. The van der Waals surface area contributed by atoms with Crippen molar-refractivity contribution in [3.05, 3.63) is 27.7 Å². The molecular weight excluding hydrogens is 256 g/mol. The molecule has 8 nitrogen and oxygen atoms in total. The Morgan fingerprint density at radius 3 is 2.78 bits per heavy atom. The Bertz CT molecular complexity index is 575. The Hall–Kier alpha value is -2.03. The monoisotopic (exact) mass is 268 g/mol. The molecule has 0 unspecified atom stereocenters. The summed E-state index contributed by atoms with van der Waals surface area (Å²) >= 11 is 1.29.